The van der Waals surface area contributed by atoms with Crippen LogP contribution in [0.4, 0.5) is 4.79 Å². The fourth-order valence-electron chi connectivity index (χ4n) is 2.75. The lowest BCUT2D eigenvalue weighted by atomic mass is 9.76. The standard InChI is InChI=1S/C15H22N2O3S/c1-10(2)15(13(18)19)5-6-17(9-15)14(20)16-8-12-11(3)4-7-21-12/h4,7,10H,5-6,8-9H2,1-3H3,(H,16,20)(H,18,19). The Bertz CT molecular complexity index is 541. The Labute approximate surface area is 129 Å². The van der Waals surface area contributed by atoms with E-state index in [0.717, 1.165) is 4.88 Å². The van der Waals surface area contributed by atoms with Crippen LogP contribution in [0.5, 0.6) is 0 Å². The van der Waals surface area contributed by atoms with Gasteiger partial charge in [0.15, 0.2) is 0 Å². The van der Waals surface area contributed by atoms with Gasteiger partial charge in [0, 0.05) is 18.0 Å². The summed E-state index contributed by atoms with van der Waals surface area (Å²) < 4.78 is 0. The molecule has 1 aliphatic heterocycles. The van der Waals surface area contributed by atoms with E-state index in [9.17, 15) is 14.7 Å². The fraction of sp³-hybridized carbons (Fsp3) is 0.600. The predicted octanol–water partition coefficient (Wildman–Crippen LogP) is 2.70. The summed E-state index contributed by atoms with van der Waals surface area (Å²) in [7, 11) is 0. The summed E-state index contributed by atoms with van der Waals surface area (Å²) in [5.74, 6) is -0.797. The molecule has 0 radical (unpaired) electrons. The van der Waals surface area contributed by atoms with E-state index in [1.165, 1.54) is 5.56 Å². The number of amides is 2. The highest BCUT2D eigenvalue weighted by Gasteiger charge is 2.48. The van der Waals surface area contributed by atoms with Crippen molar-refractivity contribution in [2.24, 2.45) is 11.3 Å². The second kappa shape index (κ2) is 6.05. The Kier molecular flexibility index (Phi) is 4.56. The molecule has 0 saturated carbocycles. The maximum absolute atomic E-state index is 12.2. The molecule has 1 aromatic heterocycles. The average Bonchev–Trinajstić information content (AvgIpc) is 3.03. The van der Waals surface area contributed by atoms with Crippen LogP contribution in [-0.4, -0.2) is 35.1 Å². The summed E-state index contributed by atoms with van der Waals surface area (Å²) in [6.45, 7) is 7.12. The van der Waals surface area contributed by atoms with E-state index in [4.69, 9.17) is 0 Å². The van der Waals surface area contributed by atoms with Crippen molar-refractivity contribution >= 4 is 23.3 Å². The summed E-state index contributed by atoms with van der Waals surface area (Å²) in [5.41, 5.74) is 0.361. The smallest absolute Gasteiger partial charge is 0.317 e. The number of carbonyl (C=O) groups is 2. The van der Waals surface area contributed by atoms with Crippen LogP contribution >= 0.6 is 11.3 Å². The molecule has 116 valence electrons. The number of rotatable bonds is 4. The monoisotopic (exact) mass is 310 g/mol. The Morgan fingerprint density at radius 1 is 1.52 bits per heavy atom. The van der Waals surface area contributed by atoms with Crippen LogP contribution in [0.1, 0.15) is 30.7 Å². The number of nitrogens with one attached hydrogen (secondary N) is 1. The van der Waals surface area contributed by atoms with Crippen LogP contribution in [0.3, 0.4) is 0 Å². The number of hydrogen-bond donors (Lipinski definition) is 2. The normalized spacial score (nSPS) is 21.8. The van der Waals surface area contributed by atoms with Crippen LogP contribution in [0.25, 0.3) is 0 Å². The molecule has 0 aromatic carbocycles. The number of nitrogens with zero attached hydrogens (tertiary/aromatic N) is 1. The topological polar surface area (TPSA) is 69.6 Å². The van der Waals surface area contributed by atoms with Crippen molar-refractivity contribution in [3.63, 3.8) is 0 Å². The van der Waals surface area contributed by atoms with Crippen molar-refractivity contribution in [3.05, 3.63) is 21.9 Å². The van der Waals surface area contributed by atoms with Gasteiger partial charge in [-0.25, -0.2) is 4.79 Å². The van der Waals surface area contributed by atoms with Crippen LogP contribution in [0, 0.1) is 18.3 Å². The molecule has 1 aliphatic rings. The molecule has 2 amide bonds. The van der Waals surface area contributed by atoms with E-state index in [2.05, 4.69) is 5.32 Å². The minimum atomic E-state index is -0.809. The number of aliphatic carboxylic acids is 1. The van der Waals surface area contributed by atoms with Gasteiger partial charge in [0.25, 0.3) is 0 Å². The molecule has 2 heterocycles. The van der Waals surface area contributed by atoms with Gasteiger partial charge in [-0.2, -0.15) is 0 Å². The molecule has 2 N–H and O–H groups in total. The lowest BCUT2D eigenvalue weighted by Crippen LogP contribution is -2.43. The van der Waals surface area contributed by atoms with Crippen molar-refractivity contribution in [3.8, 4) is 0 Å². The molecule has 21 heavy (non-hydrogen) atoms. The van der Waals surface area contributed by atoms with Gasteiger partial charge in [-0.05, 0) is 36.3 Å². The number of hydrogen-bond acceptors (Lipinski definition) is 3. The predicted molar refractivity (Wildman–Crippen MR) is 82.4 cm³/mol. The average molecular weight is 310 g/mol. The molecule has 0 aliphatic carbocycles. The zero-order valence-corrected chi connectivity index (χ0v) is 13.5. The minimum Gasteiger partial charge on any atom is -0.481 e. The molecule has 1 unspecified atom stereocenters. The van der Waals surface area contributed by atoms with Crippen molar-refractivity contribution in [2.45, 2.75) is 33.7 Å². The molecular weight excluding hydrogens is 288 g/mol. The molecule has 1 atom stereocenters. The van der Waals surface area contributed by atoms with Crippen LogP contribution in [0.15, 0.2) is 11.4 Å². The molecule has 0 spiro atoms. The van der Waals surface area contributed by atoms with Gasteiger partial charge in [-0.3, -0.25) is 4.79 Å². The number of urea groups is 1. The molecule has 0 bridgehead atoms. The minimum absolute atomic E-state index is 0.00680. The Morgan fingerprint density at radius 2 is 2.24 bits per heavy atom. The second-order valence-corrected chi connectivity index (χ2v) is 6.97. The number of likely N-dealkylation sites (tertiary alicyclic amines) is 1. The van der Waals surface area contributed by atoms with E-state index >= 15 is 0 Å². The van der Waals surface area contributed by atoms with Crippen molar-refractivity contribution in [2.75, 3.05) is 13.1 Å². The van der Waals surface area contributed by atoms with Gasteiger partial charge in [-0.1, -0.05) is 13.8 Å². The molecule has 1 aromatic rings. The highest BCUT2D eigenvalue weighted by molar-refractivity contribution is 7.10. The van der Waals surface area contributed by atoms with E-state index < -0.39 is 11.4 Å². The first-order valence-corrected chi connectivity index (χ1v) is 8.04. The lowest BCUT2D eigenvalue weighted by Gasteiger charge is -2.28. The summed E-state index contributed by atoms with van der Waals surface area (Å²) in [6.07, 6.45) is 0.519. The maximum Gasteiger partial charge on any atom is 0.317 e. The summed E-state index contributed by atoms with van der Waals surface area (Å²) >= 11 is 1.62. The Morgan fingerprint density at radius 3 is 2.71 bits per heavy atom. The van der Waals surface area contributed by atoms with E-state index in [1.807, 2.05) is 32.2 Å². The molecule has 6 heteroatoms. The van der Waals surface area contributed by atoms with Gasteiger partial charge in [0.2, 0.25) is 0 Å². The van der Waals surface area contributed by atoms with E-state index in [0.29, 0.717) is 19.5 Å². The van der Waals surface area contributed by atoms with Gasteiger partial charge in [0.1, 0.15) is 0 Å². The first-order valence-electron chi connectivity index (χ1n) is 7.16. The third kappa shape index (κ3) is 3.05. The third-order valence-electron chi connectivity index (χ3n) is 4.49. The van der Waals surface area contributed by atoms with E-state index in [-0.39, 0.29) is 18.5 Å². The summed E-state index contributed by atoms with van der Waals surface area (Å²) in [6, 6.07) is 1.85. The van der Waals surface area contributed by atoms with Crippen molar-refractivity contribution in [1.29, 1.82) is 0 Å². The maximum atomic E-state index is 12.2. The second-order valence-electron chi connectivity index (χ2n) is 5.97. The number of aryl methyl sites for hydroxylation is 1. The highest BCUT2D eigenvalue weighted by atomic mass is 32.1. The van der Waals surface area contributed by atoms with Crippen molar-refractivity contribution in [1.82, 2.24) is 10.2 Å². The summed E-state index contributed by atoms with van der Waals surface area (Å²) in [4.78, 5) is 26.5. The third-order valence-corrected chi connectivity index (χ3v) is 5.51. The quantitative estimate of drug-likeness (QED) is 0.898. The molecule has 2 rings (SSSR count). The largest absolute Gasteiger partial charge is 0.481 e. The van der Waals surface area contributed by atoms with Crippen LogP contribution < -0.4 is 5.32 Å². The van der Waals surface area contributed by atoms with Crippen LogP contribution in [0.2, 0.25) is 0 Å². The number of carbonyl (C=O) groups excluding carboxylic acids is 1. The van der Waals surface area contributed by atoms with Crippen molar-refractivity contribution < 1.29 is 14.7 Å². The Hall–Kier alpha value is -1.56. The SMILES string of the molecule is Cc1ccsc1CNC(=O)N1CCC(C(=O)O)(C(C)C)C1. The van der Waals surface area contributed by atoms with Gasteiger partial charge >= 0.3 is 12.0 Å². The zero-order valence-electron chi connectivity index (χ0n) is 12.7. The first-order chi connectivity index (χ1) is 9.86. The molecular formula is C15H22N2O3S. The number of thiophene rings is 1. The molecule has 1 saturated heterocycles. The molecule has 1 fully saturated rings. The fourth-order valence-corrected chi connectivity index (χ4v) is 3.60. The highest BCUT2D eigenvalue weighted by Crippen LogP contribution is 2.38. The zero-order chi connectivity index (χ0) is 15.6. The van der Waals surface area contributed by atoms with Crippen LogP contribution in [-0.2, 0) is 11.3 Å². The van der Waals surface area contributed by atoms with Gasteiger partial charge in [-0.15, -0.1) is 11.3 Å². The van der Waals surface area contributed by atoms with Gasteiger partial charge < -0.3 is 15.3 Å². The number of carboxylic acid groups (broad SMARTS) is 1. The van der Waals surface area contributed by atoms with Gasteiger partial charge in [0.05, 0.1) is 12.0 Å². The lowest BCUT2D eigenvalue weighted by molar-refractivity contribution is -0.150. The first kappa shape index (κ1) is 15.8. The number of carboxylic acids is 1. The molecule has 5 nitrogen and oxygen atoms in total. The Balaban J connectivity index is 1.96. The summed E-state index contributed by atoms with van der Waals surface area (Å²) in [5, 5.41) is 14.4. The van der Waals surface area contributed by atoms with E-state index in [1.54, 1.807) is 16.2 Å².